The van der Waals surface area contributed by atoms with E-state index >= 15 is 0 Å². The van der Waals surface area contributed by atoms with Crippen LogP contribution in [0, 0.1) is 0 Å². The molecule has 0 saturated carbocycles. The van der Waals surface area contributed by atoms with Crippen LogP contribution >= 0.6 is 12.2 Å². The summed E-state index contributed by atoms with van der Waals surface area (Å²) in [6.07, 6.45) is 3.69. The van der Waals surface area contributed by atoms with E-state index in [4.69, 9.17) is 17.0 Å². The number of nitrogens with one attached hydrogen (secondary N) is 1. The van der Waals surface area contributed by atoms with Crippen LogP contribution in [0.1, 0.15) is 0 Å². The van der Waals surface area contributed by atoms with Crippen molar-refractivity contribution >= 4 is 17.2 Å². The van der Waals surface area contributed by atoms with Gasteiger partial charge >= 0.3 is 0 Å². The molecule has 1 heterocycles. The maximum atomic E-state index is 5.02. The molecule has 1 aliphatic rings. The lowest BCUT2D eigenvalue weighted by Crippen LogP contribution is -2.17. The summed E-state index contributed by atoms with van der Waals surface area (Å²) in [5.74, 6) is 0. The first-order valence-electron chi connectivity index (χ1n) is 2.42. The van der Waals surface area contributed by atoms with Crippen molar-refractivity contribution in [3.05, 3.63) is 12.3 Å². The van der Waals surface area contributed by atoms with Gasteiger partial charge in [-0.2, -0.15) is 0 Å². The average molecular weight is 129 g/mol. The zero-order valence-corrected chi connectivity index (χ0v) is 5.20. The fourth-order valence-electron chi connectivity index (χ4n) is 0.461. The summed E-state index contributed by atoms with van der Waals surface area (Å²) in [5, 5.41) is 2.87. The molecule has 1 N–H and O–H groups in total. The molecular formula is C5H7NOS. The van der Waals surface area contributed by atoms with Crippen LogP contribution in [0.25, 0.3) is 0 Å². The molecule has 1 aliphatic heterocycles. The topological polar surface area (TPSA) is 21.3 Å². The zero-order chi connectivity index (χ0) is 5.82. The van der Waals surface area contributed by atoms with E-state index in [1.54, 1.807) is 6.20 Å². The Bertz CT molecular complexity index is 122. The second kappa shape index (κ2) is 2.79. The van der Waals surface area contributed by atoms with E-state index in [1.807, 2.05) is 6.08 Å². The molecular weight excluding hydrogens is 122 g/mol. The SMILES string of the molecule is S=C1COCC=CN1. The highest BCUT2D eigenvalue weighted by Crippen LogP contribution is 1.84. The van der Waals surface area contributed by atoms with Crippen molar-refractivity contribution < 1.29 is 4.74 Å². The van der Waals surface area contributed by atoms with Crippen LogP contribution < -0.4 is 5.32 Å². The minimum atomic E-state index is 0.544. The van der Waals surface area contributed by atoms with Crippen LogP contribution in [0.2, 0.25) is 0 Å². The maximum Gasteiger partial charge on any atom is 0.105 e. The number of hydrogen-bond acceptors (Lipinski definition) is 2. The third kappa shape index (κ3) is 1.60. The van der Waals surface area contributed by atoms with Gasteiger partial charge in [0.05, 0.1) is 13.2 Å². The van der Waals surface area contributed by atoms with Crippen LogP contribution in [-0.2, 0) is 4.74 Å². The third-order valence-corrected chi connectivity index (χ3v) is 1.05. The molecule has 0 saturated heterocycles. The van der Waals surface area contributed by atoms with Crippen molar-refractivity contribution in [1.29, 1.82) is 0 Å². The van der Waals surface area contributed by atoms with Crippen molar-refractivity contribution in [3.8, 4) is 0 Å². The Morgan fingerprint density at radius 1 is 1.75 bits per heavy atom. The molecule has 0 bridgehead atoms. The Balaban J connectivity index is 2.41. The molecule has 0 atom stereocenters. The normalized spacial score (nSPS) is 19.8. The second-order valence-electron chi connectivity index (χ2n) is 1.49. The maximum absolute atomic E-state index is 5.02. The zero-order valence-electron chi connectivity index (χ0n) is 4.39. The Morgan fingerprint density at radius 2 is 2.62 bits per heavy atom. The summed E-state index contributed by atoms with van der Waals surface area (Å²) in [7, 11) is 0. The number of hydrogen-bond donors (Lipinski definition) is 1. The van der Waals surface area contributed by atoms with Gasteiger partial charge in [0, 0.05) is 0 Å². The molecule has 0 unspecified atom stereocenters. The van der Waals surface area contributed by atoms with E-state index in [9.17, 15) is 0 Å². The molecule has 0 fully saturated rings. The van der Waals surface area contributed by atoms with E-state index in [-0.39, 0.29) is 0 Å². The van der Waals surface area contributed by atoms with E-state index in [0.29, 0.717) is 13.2 Å². The number of ether oxygens (including phenoxy) is 1. The first-order valence-corrected chi connectivity index (χ1v) is 2.82. The summed E-state index contributed by atoms with van der Waals surface area (Å²) >= 11 is 4.80. The van der Waals surface area contributed by atoms with Gasteiger partial charge < -0.3 is 10.1 Å². The molecule has 0 radical (unpaired) electrons. The highest BCUT2D eigenvalue weighted by atomic mass is 32.1. The lowest BCUT2D eigenvalue weighted by Gasteiger charge is -1.96. The van der Waals surface area contributed by atoms with Gasteiger partial charge in [0.1, 0.15) is 4.99 Å². The summed E-state index contributed by atoms with van der Waals surface area (Å²) in [6.45, 7) is 1.20. The smallest absolute Gasteiger partial charge is 0.105 e. The highest BCUT2D eigenvalue weighted by Gasteiger charge is 1.94. The van der Waals surface area contributed by atoms with Crippen LogP contribution in [0.15, 0.2) is 12.3 Å². The Morgan fingerprint density at radius 3 is 3.50 bits per heavy atom. The molecule has 0 spiro atoms. The van der Waals surface area contributed by atoms with E-state index in [1.165, 1.54) is 0 Å². The van der Waals surface area contributed by atoms with Crippen molar-refractivity contribution in [2.24, 2.45) is 0 Å². The van der Waals surface area contributed by atoms with Crippen molar-refractivity contribution in [2.75, 3.05) is 13.2 Å². The Labute approximate surface area is 53.5 Å². The molecule has 2 nitrogen and oxygen atoms in total. The van der Waals surface area contributed by atoms with Crippen molar-refractivity contribution in [1.82, 2.24) is 5.32 Å². The van der Waals surface area contributed by atoms with Crippen LogP contribution in [0.3, 0.4) is 0 Å². The van der Waals surface area contributed by atoms with Crippen LogP contribution in [0.5, 0.6) is 0 Å². The van der Waals surface area contributed by atoms with Gasteiger partial charge in [-0.1, -0.05) is 12.2 Å². The standard InChI is InChI=1S/C5H7NOS/c8-5-4-7-3-1-2-6-5/h1-2H,3-4H2,(H,6,8). The molecule has 0 aliphatic carbocycles. The van der Waals surface area contributed by atoms with Gasteiger partial charge in [-0.05, 0) is 12.3 Å². The first-order chi connectivity index (χ1) is 3.89. The largest absolute Gasteiger partial charge is 0.370 e. The monoisotopic (exact) mass is 129 g/mol. The fraction of sp³-hybridized carbons (Fsp3) is 0.400. The summed E-state index contributed by atoms with van der Waals surface area (Å²) in [4.78, 5) is 0.749. The van der Waals surface area contributed by atoms with Crippen LogP contribution in [0.4, 0.5) is 0 Å². The van der Waals surface area contributed by atoms with Gasteiger partial charge in [-0.15, -0.1) is 0 Å². The van der Waals surface area contributed by atoms with Gasteiger partial charge in [0.25, 0.3) is 0 Å². The fourth-order valence-corrected chi connectivity index (χ4v) is 0.613. The molecule has 8 heavy (non-hydrogen) atoms. The molecule has 44 valence electrons. The van der Waals surface area contributed by atoms with Crippen molar-refractivity contribution in [3.63, 3.8) is 0 Å². The van der Waals surface area contributed by atoms with Gasteiger partial charge in [0.2, 0.25) is 0 Å². The lowest BCUT2D eigenvalue weighted by molar-refractivity contribution is 0.206. The molecule has 0 aromatic heterocycles. The number of rotatable bonds is 0. The lowest BCUT2D eigenvalue weighted by atomic mass is 10.6. The van der Waals surface area contributed by atoms with Gasteiger partial charge in [-0.25, -0.2) is 0 Å². The summed E-state index contributed by atoms with van der Waals surface area (Å²) < 4.78 is 5.02. The predicted molar refractivity (Wildman–Crippen MR) is 35.7 cm³/mol. The summed E-state index contributed by atoms with van der Waals surface area (Å²) in [5.41, 5.74) is 0. The molecule has 1 rings (SSSR count). The Hall–Kier alpha value is -0.410. The quantitative estimate of drug-likeness (QED) is 0.480. The molecule has 0 amide bonds. The highest BCUT2D eigenvalue weighted by molar-refractivity contribution is 7.80. The first kappa shape index (κ1) is 5.72. The van der Waals surface area contributed by atoms with E-state index in [2.05, 4.69) is 5.32 Å². The van der Waals surface area contributed by atoms with E-state index < -0.39 is 0 Å². The average Bonchev–Trinajstić information content (AvgIpc) is 1.94. The van der Waals surface area contributed by atoms with Crippen LogP contribution in [-0.4, -0.2) is 18.2 Å². The second-order valence-corrected chi connectivity index (χ2v) is 1.98. The summed E-state index contributed by atoms with van der Waals surface area (Å²) in [6, 6.07) is 0. The Kier molecular flexibility index (Phi) is 2.00. The van der Waals surface area contributed by atoms with Gasteiger partial charge in [-0.3, -0.25) is 0 Å². The van der Waals surface area contributed by atoms with E-state index in [0.717, 1.165) is 4.99 Å². The van der Waals surface area contributed by atoms with Gasteiger partial charge in [0.15, 0.2) is 0 Å². The van der Waals surface area contributed by atoms with Crippen molar-refractivity contribution in [2.45, 2.75) is 0 Å². The third-order valence-electron chi connectivity index (χ3n) is 0.809. The molecule has 0 aromatic carbocycles. The minimum absolute atomic E-state index is 0.544. The predicted octanol–water partition coefficient (Wildman–Crippen LogP) is 0.447. The number of thiocarbonyl (C=S) groups is 1. The molecule has 0 aromatic rings. The molecule has 3 heteroatoms. The minimum Gasteiger partial charge on any atom is -0.370 e.